The Hall–Kier alpha value is -1.42. The van der Waals surface area contributed by atoms with Crippen LogP contribution in [0.4, 0.5) is 5.69 Å². The summed E-state index contributed by atoms with van der Waals surface area (Å²) in [4.78, 5) is 16.2. The van der Waals surface area contributed by atoms with Crippen molar-refractivity contribution < 1.29 is 4.79 Å². The predicted octanol–water partition coefficient (Wildman–Crippen LogP) is 3.04. The van der Waals surface area contributed by atoms with Crippen LogP contribution in [0.1, 0.15) is 10.4 Å². The van der Waals surface area contributed by atoms with Crippen molar-refractivity contribution in [2.24, 2.45) is 4.99 Å². The second-order valence-corrected chi connectivity index (χ2v) is 5.44. The predicted molar refractivity (Wildman–Crippen MR) is 80.9 cm³/mol. The third-order valence-electron chi connectivity index (χ3n) is 2.30. The minimum atomic E-state index is -0.187. The van der Waals surface area contributed by atoms with Gasteiger partial charge in [-0.2, -0.15) is 0 Å². The molecule has 2 aromatic rings. The summed E-state index contributed by atoms with van der Waals surface area (Å²) in [6.45, 7) is 0. The average Bonchev–Trinajstić information content (AvgIpc) is 2.39. The van der Waals surface area contributed by atoms with Crippen LogP contribution in [0.15, 0.2) is 64.1 Å². The van der Waals surface area contributed by atoms with Gasteiger partial charge in [0.25, 0.3) is 0 Å². The quantitative estimate of drug-likeness (QED) is 0.485. The molecule has 2 aromatic carbocycles. The average molecular weight is 381 g/mol. The molecule has 0 spiro atoms. The standard InChI is InChI=1S/C14H10BrN2OSe/c15-11-7-4-8-12(9-11)16-14(19)17-13(18)10-5-2-1-3-6-10/h1-9H,(H,16,17,18). The normalized spacial score (nSPS) is 11.1. The molecule has 0 atom stereocenters. The Kier molecular flexibility index (Phi) is 4.91. The molecule has 0 aliphatic heterocycles. The van der Waals surface area contributed by atoms with E-state index in [1.807, 2.05) is 42.5 Å². The van der Waals surface area contributed by atoms with Gasteiger partial charge in [0.1, 0.15) is 0 Å². The number of hydrogen-bond acceptors (Lipinski definition) is 2. The number of rotatable bonds is 2. The molecule has 1 radical (unpaired) electrons. The number of aliphatic imine (C=N–C) groups is 1. The Morgan fingerprint density at radius 1 is 1.11 bits per heavy atom. The van der Waals surface area contributed by atoms with E-state index in [1.165, 1.54) is 0 Å². The fourth-order valence-electron chi connectivity index (χ4n) is 1.45. The monoisotopic (exact) mass is 381 g/mol. The zero-order valence-electron chi connectivity index (χ0n) is 9.84. The number of amidine groups is 1. The Morgan fingerprint density at radius 3 is 2.53 bits per heavy atom. The Balaban J connectivity index is 2.09. The van der Waals surface area contributed by atoms with E-state index in [4.69, 9.17) is 0 Å². The van der Waals surface area contributed by atoms with Crippen LogP contribution in [0.5, 0.6) is 0 Å². The zero-order valence-corrected chi connectivity index (χ0v) is 13.1. The maximum atomic E-state index is 11.9. The van der Waals surface area contributed by atoms with Crippen molar-refractivity contribution >= 4 is 48.3 Å². The molecule has 95 valence electrons. The van der Waals surface area contributed by atoms with Gasteiger partial charge >= 0.3 is 128 Å². The van der Waals surface area contributed by atoms with Crippen molar-refractivity contribution in [2.45, 2.75) is 0 Å². The van der Waals surface area contributed by atoms with E-state index in [2.05, 4.69) is 42.3 Å². The number of carbonyl (C=O) groups is 1. The van der Waals surface area contributed by atoms with Crippen LogP contribution in [0.25, 0.3) is 0 Å². The van der Waals surface area contributed by atoms with Gasteiger partial charge in [0.05, 0.1) is 0 Å². The first-order valence-corrected chi connectivity index (χ1v) is 7.18. The number of benzene rings is 2. The van der Waals surface area contributed by atoms with Crippen molar-refractivity contribution in [2.75, 3.05) is 0 Å². The number of amides is 1. The molecule has 0 fully saturated rings. The van der Waals surface area contributed by atoms with E-state index in [0.29, 0.717) is 10.3 Å². The van der Waals surface area contributed by atoms with Crippen molar-refractivity contribution in [3.63, 3.8) is 0 Å². The summed E-state index contributed by atoms with van der Waals surface area (Å²) in [5, 5.41) is 2.70. The van der Waals surface area contributed by atoms with Crippen LogP contribution in [-0.4, -0.2) is 26.7 Å². The van der Waals surface area contributed by atoms with Gasteiger partial charge in [0, 0.05) is 0 Å². The van der Waals surface area contributed by atoms with Gasteiger partial charge in [0.2, 0.25) is 0 Å². The van der Waals surface area contributed by atoms with E-state index in [1.54, 1.807) is 12.1 Å². The maximum absolute atomic E-state index is 11.9. The molecule has 0 aliphatic carbocycles. The van der Waals surface area contributed by atoms with Crippen LogP contribution in [0.2, 0.25) is 0 Å². The Bertz CT molecular complexity index is 614. The number of halogens is 1. The van der Waals surface area contributed by atoms with E-state index in [9.17, 15) is 4.79 Å². The fourth-order valence-corrected chi connectivity index (χ4v) is 2.25. The topological polar surface area (TPSA) is 41.5 Å². The molecule has 0 aliphatic rings. The Labute approximate surface area is 128 Å². The van der Waals surface area contributed by atoms with Crippen LogP contribution in [0.3, 0.4) is 0 Å². The third kappa shape index (κ3) is 4.31. The molecule has 5 heteroatoms. The van der Waals surface area contributed by atoms with Crippen LogP contribution >= 0.6 is 15.9 Å². The van der Waals surface area contributed by atoms with Crippen molar-refractivity contribution in [3.8, 4) is 0 Å². The van der Waals surface area contributed by atoms with Gasteiger partial charge in [-0.1, -0.05) is 0 Å². The molecule has 3 nitrogen and oxygen atoms in total. The number of nitrogens with zero attached hydrogens (tertiary/aromatic N) is 1. The van der Waals surface area contributed by atoms with Crippen molar-refractivity contribution in [1.29, 1.82) is 0 Å². The number of hydrogen-bond donors (Lipinski definition) is 1. The van der Waals surface area contributed by atoms with Gasteiger partial charge < -0.3 is 0 Å². The van der Waals surface area contributed by atoms with Gasteiger partial charge in [-0.25, -0.2) is 0 Å². The van der Waals surface area contributed by atoms with Crippen molar-refractivity contribution in [1.82, 2.24) is 5.32 Å². The summed E-state index contributed by atoms with van der Waals surface area (Å²) in [6.07, 6.45) is 0. The molecular formula is C14H10BrN2OSe. The van der Waals surface area contributed by atoms with Gasteiger partial charge in [-0.15, -0.1) is 0 Å². The number of carbonyl (C=O) groups excluding carboxylic acids is 1. The third-order valence-corrected chi connectivity index (χ3v) is 3.19. The van der Waals surface area contributed by atoms with E-state index in [0.717, 1.165) is 10.2 Å². The SMILES string of the molecule is O=C(NC([Se])=Nc1cccc(Br)c1)c1ccccc1. The second kappa shape index (κ2) is 6.66. The van der Waals surface area contributed by atoms with Crippen molar-refractivity contribution in [3.05, 3.63) is 64.6 Å². The van der Waals surface area contributed by atoms with E-state index in [-0.39, 0.29) is 5.91 Å². The molecule has 0 unspecified atom stereocenters. The van der Waals surface area contributed by atoms with E-state index < -0.39 is 0 Å². The first-order valence-electron chi connectivity index (χ1n) is 5.53. The van der Waals surface area contributed by atoms with E-state index >= 15 is 0 Å². The Morgan fingerprint density at radius 2 is 1.84 bits per heavy atom. The van der Waals surface area contributed by atoms with Crippen LogP contribution in [0, 0.1) is 0 Å². The summed E-state index contributed by atoms with van der Waals surface area (Å²) in [5.41, 5.74) is 1.36. The molecule has 0 aromatic heterocycles. The van der Waals surface area contributed by atoms with Crippen LogP contribution < -0.4 is 5.32 Å². The molecule has 0 bridgehead atoms. The molecule has 19 heavy (non-hydrogen) atoms. The second-order valence-electron chi connectivity index (χ2n) is 3.72. The van der Waals surface area contributed by atoms with Gasteiger partial charge in [-0.3, -0.25) is 0 Å². The molecule has 1 amide bonds. The molecule has 2 rings (SSSR count). The minimum absolute atomic E-state index is 0.187. The van der Waals surface area contributed by atoms with Gasteiger partial charge in [-0.05, 0) is 0 Å². The molecule has 0 saturated heterocycles. The molecular weight excluding hydrogens is 371 g/mol. The first-order chi connectivity index (χ1) is 9.15. The summed E-state index contributed by atoms with van der Waals surface area (Å²) < 4.78 is 1.38. The molecule has 0 saturated carbocycles. The first kappa shape index (κ1) is 14.0. The van der Waals surface area contributed by atoms with Gasteiger partial charge in [0.15, 0.2) is 0 Å². The summed E-state index contributed by atoms with van der Waals surface area (Å²) in [7, 11) is 0. The summed E-state index contributed by atoms with van der Waals surface area (Å²) >= 11 is 6.12. The fraction of sp³-hybridized carbons (Fsp3) is 0. The summed E-state index contributed by atoms with van der Waals surface area (Å²) in [5.74, 6) is -0.187. The molecule has 1 N–H and O–H groups in total. The zero-order chi connectivity index (χ0) is 13.7. The van der Waals surface area contributed by atoms with Crippen LogP contribution in [-0.2, 0) is 0 Å². The summed E-state index contributed by atoms with van der Waals surface area (Å²) in [6, 6.07) is 16.5. The number of nitrogens with one attached hydrogen (secondary N) is 1. The molecule has 0 heterocycles.